The van der Waals surface area contributed by atoms with E-state index in [0.717, 1.165) is 28.3 Å². The molecule has 0 amide bonds. The summed E-state index contributed by atoms with van der Waals surface area (Å²) in [5.41, 5.74) is 4.07. The summed E-state index contributed by atoms with van der Waals surface area (Å²) >= 11 is 11.2. The fourth-order valence-electron chi connectivity index (χ4n) is 2.90. The number of benzene rings is 2. The maximum Gasteiger partial charge on any atom is 0.173 e. The average Bonchev–Trinajstić information content (AvgIpc) is 2.66. The smallest absolute Gasteiger partial charge is 0.173 e. The Hall–Kier alpha value is -2.44. The molecule has 26 heavy (non-hydrogen) atoms. The molecule has 0 spiro atoms. The highest BCUT2D eigenvalue weighted by Crippen LogP contribution is 2.32. The Kier molecular flexibility index (Phi) is 5.54. The van der Waals surface area contributed by atoms with Gasteiger partial charge in [0, 0.05) is 24.0 Å². The number of nitrogens with one attached hydrogen (secondary N) is 2. The molecule has 2 aromatic rings. The first-order chi connectivity index (χ1) is 12.5. The van der Waals surface area contributed by atoms with E-state index < -0.39 is 0 Å². The second-order valence-corrected chi connectivity index (χ2v) is 6.83. The number of nitrogens with zero attached hydrogens (tertiary/aromatic N) is 1. The second-order valence-electron chi connectivity index (χ2n) is 6.03. The fourth-order valence-corrected chi connectivity index (χ4v) is 3.53. The summed E-state index contributed by atoms with van der Waals surface area (Å²) in [5.74, 6) is 0.816. The predicted molar refractivity (Wildman–Crippen MR) is 115 cm³/mol. The lowest BCUT2D eigenvalue weighted by Crippen LogP contribution is -2.46. The monoisotopic (exact) mass is 383 g/mol. The van der Waals surface area contributed by atoms with Gasteiger partial charge in [-0.25, -0.2) is 0 Å². The lowest BCUT2D eigenvalue weighted by molar-refractivity contribution is 0.414. The van der Waals surface area contributed by atoms with Crippen molar-refractivity contribution in [3.63, 3.8) is 0 Å². The first-order valence-corrected chi connectivity index (χ1v) is 9.08. The van der Waals surface area contributed by atoms with Crippen LogP contribution in [0, 0.1) is 0 Å². The Labute approximate surface area is 164 Å². The standard InChI is InChI=1S/C20H21N3OS2/c1-13-17(19(25)21-15-7-5-4-6-8-15)18(22-20(26)23(13)2)14-9-11-16(24-3)12-10-14/h4-12,18H,1-3H3,(H,21,25)(H,22,26)/t18-/m0/s1. The van der Waals surface area contributed by atoms with Crippen LogP contribution in [0.1, 0.15) is 18.5 Å². The van der Waals surface area contributed by atoms with Crippen molar-refractivity contribution in [2.24, 2.45) is 0 Å². The van der Waals surface area contributed by atoms with Gasteiger partial charge in [-0.15, -0.1) is 0 Å². The molecule has 0 bridgehead atoms. The molecule has 2 aromatic carbocycles. The van der Waals surface area contributed by atoms with Crippen LogP contribution in [0.2, 0.25) is 0 Å². The third-order valence-electron chi connectivity index (χ3n) is 4.48. The Morgan fingerprint density at radius 1 is 1.12 bits per heavy atom. The summed E-state index contributed by atoms with van der Waals surface area (Å²) in [6, 6.07) is 17.8. The van der Waals surface area contributed by atoms with Gasteiger partial charge in [-0.3, -0.25) is 0 Å². The fraction of sp³-hybridized carbons (Fsp3) is 0.200. The van der Waals surface area contributed by atoms with E-state index in [4.69, 9.17) is 29.2 Å². The van der Waals surface area contributed by atoms with Crippen molar-refractivity contribution in [2.45, 2.75) is 13.0 Å². The number of para-hydroxylation sites is 1. The van der Waals surface area contributed by atoms with E-state index in [-0.39, 0.29) is 6.04 Å². The first kappa shape index (κ1) is 18.4. The van der Waals surface area contributed by atoms with Crippen molar-refractivity contribution >= 4 is 40.2 Å². The molecule has 1 atom stereocenters. The number of hydrogen-bond donors (Lipinski definition) is 2. The number of allylic oxidation sites excluding steroid dienone is 1. The zero-order chi connectivity index (χ0) is 18.7. The van der Waals surface area contributed by atoms with Crippen LogP contribution in [-0.2, 0) is 0 Å². The van der Waals surface area contributed by atoms with Crippen molar-refractivity contribution in [1.29, 1.82) is 0 Å². The normalized spacial score (nSPS) is 17.0. The second kappa shape index (κ2) is 7.85. The van der Waals surface area contributed by atoms with Gasteiger partial charge in [0.2, 0.25) is 0 Å². The molecule has 0 saturated heterocycles. The molecule has 3 rings (SSSR count). The van der Waals surface area contributed by atoms with E-state index >= 15 is 0 Å². The first-order valence-electron chi connectivity index (χ1n) is 8.26. The molecule has 0 aliphatic carbocycles. The third kappa shape index (κ3) is 3.71. The van der Waals surface area contributed by atoms with Gasteiger partial charge in [-0.2, -0.15) is 0 Å². The Morgan fingerprint density at radius 3 is 2.38 bits per heavy atom. The Morgan fingerprint density at radius 2 is 1.77 bits per heavy atom. The van der Waals surface area contributed by atoms with Gasteiger partial charge in [0.1, 0.15) is 10.7 Å². The van der Waals surface area contributed by atoms with Crippen molar-refractivity contribution in [2.75, 3.05) is 19.5 Å². The van der Waals surface area contributed by atoms with Gasteiger partial charge < -0.3 is 20.3 Å². The average molecular weight is 384 g/mol. The number of ether oxygens (including phenoxy) is 1. The van der Waals surface area contributed by atoms with E-state index in [1.54, 1.807) is 7.11 Å². The van der Waals surface area contributed by atoms with E-state index in [1.165, 1.54) is 0 Å². The summed E-state index contributed by atoms with van der Waals surface area (Å²) in [4.78, 5) is 2.63. The highest BCUT2D eigenvalue weighted by Gasteiger charge is 2.30. The molecule has 134 valence electrons. The van der Waals surface area contributed by atoms with Crippen LogP contribution in [0.15, 0.2) is 65.9 Å². The molecule has 4 nitrogen and oxygen atoms in total. The van der Waals surface area contributed by atoms with Crippen LogP contribution < -0.4 is 15.4 Å². The summed E-state index contributed by atoms with van der Waals surface area (Å²) < 4.78 is 5.26. The number of anilines is 1. The van der Waals surface area contributed by atoms with E-state index in [1.807, 2.05) is 73.5 Å². The molecule has 6 heteroatoms. The van der Waals surface area contributed by atoms with Gasteiger partial charge in [0.05, 0.1) is 13.2 Å². The number of hydrogen-bond acceptors (Lipinski definition) is 3. The SMILES string of the molecule is COc1ccc([C@@H]2NC(=S)N(C)C(C)=C2C(=S)Nc2ccccc2)cc1. The van der Waals surface area contributed by atoms with E-state index in [9.17, 15) is 0 Å². The van der Waals surface area contributed by atoms with Crippen LogP contribution >= 0.6 is 24.4 Å². The molecular weight excluding hydrogens is 362 g/mol. The minimum Gasteiger partial charge on any atom is -0.497 e. The molecule has 1 aliphatic rings. The number of rotatable bonds is 4. The lowest BCUT2D eigenvalue weighted by atomic mass is 9.94. The maximum absolute atomic E-state index is 5.75. The molecular formula is C20H21N3OS2. The van der Waals surface area contributed by atoms with Gasteiger partial charge in [-0.1, -0.05) is 42.5 Å². The van der Waals surface area contributed by atoms with Crippen LogP contribution in [-0.4, -0.2) is 29.2 Å². The minimum atomic E-state index is -0.117. The third-order valence-corrected chi connectivity index (χ3v) is 5.19. The maximum atomic E-state index is 5.75. The molecule has 0 radical (unpaired) electrons. The highest BCUT2D eigenvalue weighted by atomic mass is 32.1. The molecule has 0 unspecified atom stereocenters. The predicted octanol–water partition coefficient (Wildman–Crippen LogP) is 4.27. The minimum absolute atomic E-state index is 0.117. The lowest BCUT2D eigenvalue weighted by Gasteiger charge is -2.36. The van der Waals surface area contributed by atoms with Crippen molar-refractivity contribution in [3.8, 4) is 5.75 Å². The van der Waals surface area contributed by atoms with Crippen molar-refractivity contribution < 1.29 is 4.74 Å². The highest BCUT2D eigenvalue weighted by molar-refractivity contribution is 7.81. The van der Waals surface area contributed by atoms with Gasteiger partial charge in [0.25, 0.3) is 0 Å². The summed E-state index contributed by atoms with van der Waals surface area (Å²) in [6.45, 7) is 2.04. The number of thiocarbonyl (C=S) groups is 2. The molecule has 1 heterocycles. The molecule has 0 fully saturated rings. The van der Waals surface area contributed by atoms with Crippen LogP contribution in [0.5, 0.6) is 5.75 Å². The molecule has 2 N–H and O–H groups in total. The molecule has 1 aliphatic heterocycles. The number of methoxy groups -OCH3 is 1. The summed E-state index contributed by atoms with van der Waals surface area (Å²) in [6.07, 6.45) is 0. The molecule has 0 saturated carbocycles. The van der Waals surface area contributed by atoms with Gasteiger partial charge in [-0.05, 0) is 49.0 Å². The van der Waals surface area contributed by atoms with Crippen LogP contribution in [0.3, 0.4) is 0 Å². The largest absolute Gasteiger partial charge is 0.497 e. The quantitative estimate of drug-likeness (QED) is 0.768. The van der Waals surface area contributed by atoms with Crippen LogP contribution in [0.25, 0.3) is 0 Å². The summed E-state index contributed by atoms with van der Waals surface area (Å²) in [5, 5.41) is 7.41. The zero-order valence-electron chi connectivity index (χ0n) is 14.9. The topological polar surface area (TPSA) is 36.5 Å². The van der Waals surface area contributed by atoms with E-state index in [0.29, 0.717) is 10.1 Å². The Bertz CT molecular complexity index is 847. The summed E-state index contributed by atoms with van der Waals surface area (Å²) in [7, 11) is 3.60. The zero-order valence-corrected chi connectivity index (χ0v) is 16.6. The van der Waals surface area contributed by atoms with Gasteiger partial charge in [0.15, 0.2) is 5.11 Å². The molecule has 0 aromatic heterocycles. The van der Waals surface area contributed by atoms with E-state index in [2.05, 4.69) is 10.6 Å². The van der Waals surface area contributed by atoms with Gasteiger partial charge >= 0.3 is 0 Å². The van der Waals surface area contributed by atoms with Crippen molar-refractivity contribution in [3.05, 3.63) is 71.4 Å². The van der Waals surface area contributed by atoms with Crippen molar-refractivity contribution in [1.82, 2.24) is 10.2 Å². The Balaban J connectivity index is 1.98. The van der Waals surface area contributed by atoms with Crippen LogP contribution in [0.4, 0.5) is 5.69 Å².